The van der Waals surface area contributed by atoms with Gasteiger partial charge in [0.2, 0.25) is 0 Å². The van der Waals surface area contributed by atoms with Gasteiger partial charge in [-0.3, -0.25) is 0 Å². The van der Waals surface area contributed by atoms with Gasteiger partial charge in [-0.05, 0) is 37.3 Å². The number of nitrogens with two attached hydrogens (primary N) is 1. The normalized spacial score (nSPS) is 12.1. The molecule has 22 heavy (non-hydrogen) atoms. The molecule has 4 heteroatoms. The molecule has 1 aromatic heterocycles. The minimum atomic E-state index is 0.203. The standard InChI is InChI=1S/C18H22ClN3/c1-2-14(10-6-9-13-7-4-3-5-8-13)18(21)15-12-22-17(19)11-16(15)20/h3-5,7-8,11-12,14,21H,2,6,9-10H2,1H3,(H2,20,22). The Morgan fingerprint density at radius 3 is 2.68 bits per heavy atom. The molecule has 0 radical (unpaired) electrons. The average molecular weight is 316 g/mol. The molecule has 0 fully saturated rings. The Hall–Kier alpha value is -1.87. The fourth-order valence-electron chi connectivity index (χ4n) is 2.64. The van der Waals surface area contributed by atoms with Crippen molar-refractivity contribution >= 4 is 23.0 Å². The van der Waals surface area contributed by atoms with Crippen molar-refractivity contribution in [1.29, 1.82) is 5.41 Å². The second-order valence-electron chi connectivity index (χ2n) is 5.49. The van der Waals surface area contributed by atoms with Crippen LogP contribution in [-0.2, 0) is 6.42 Å². The van der Waals surface area contributed by atoms with Crippen molar-refractivity contribution in [2.24, 2.45) is 5.92 Å². The monoisotopic (exact) mass is 315 g/mol. The first-order valence-electron chi connectivity index (χ1n) is 7.65. The van der Waals surface area contributed by atoms with E-state index in [-0.39, 0.29) is 5.92 Å². The largest absolute Gasteiger partial charge is 0.398 e. The van der Waals surface area contributed by atoms with Gasteiger partial charge in [0.1, 0.15) is 5.15 Å². The van der Waals surface area contributed by atoms with E-state index in [2.05, 4.69) is 36.2 Å². The lowest BCUT2D eigenvalue weighted by atomic mass is 9.89. The molecule has 1 atom stereocenters. The number of pyridine rings is 1. The highest BCUT2D eigenvalue weighted by atomic mass is 35.5. The van der Waals surface area contributed by atoms with E-state index in [1.165, 1.54) is 5.56 Å². The Balaban J connectivity index is 1.97. The van der Waals surface area contributed by atoms with Gasteiger partial charge in [-0.15, -0.1) is 0 Å². The zero-order chi connectivity index (χ0) is 15.9. The number of nitrogen functional groups attached to an aromatic ring is 1. The number of hydrogen-bond acceptors (Lipinski definition) is 3. The number of benzene rings is 1. The van der Waals surface area contributed by atoms with Crippen molar-refractivity contribution in [2.75, 3.05) is 5.73 Å². The van der Waals surface area contributed by atoms with E-state index in [9.17, 15) is 0 Å². The van der Waals surface area contributed by atoms with Crippen LogP contribution in [0.5, 0.6) is 0 Å². The van der Waals surface area contributed by atoms with E-state index in [4.69, 9.17) is 22.7 Å². The molecule has 0 amide bonds. The molecular formula is C18H22ClN3. The summed E-state index contributed by atoms with van der Waals surface area (Å²) in [5, 5.41) is 8.79. The lowest BCUT2D eigenvalue weighted by Gasteiger charge is -2.17. The van der Waals surface area contributed by atoms with Gasteiger partial charge in [0.05, 0.1) is 0 Å². The topological polar surface area (TPSA) is 62.8 Å². The summed E-state index contributed by atoms with van der Waals surface area (Å²) in [6.07, 6.45) is 5.62. The van der Waals surface area contributed by atoms with Crippen LogP contribution < -0.4 is 5.73 Å². The predicted molar refractivity (Wildman–Crippen MR) is 93.6 cm³/mol. The molecule has 116 valence electrons. The van der Waals surface area contributed by atoms with E-state index >= 15 is 0 Å². The molecule has 0 aliphatic rings. The fourth-order valence-corrected chi connectivity index (χ4v) is 2.81. The van der Waals surface area contributed by atoms with Crippen molar-refractivity contribution in [3.8, 4) is 0 Å². The van der Waals surface area contributed by atoms with Crippen LogP contribution >= 0.6 is 11.6 Å². The Kier molecular flexibility index (Phi) is 5.96. The van der Waals surface area contributed by atoms with Crippen molar-refractivity contribution in [3.63, 3.8) is 0 Å². The van der Waals surface area contributed by atoms with Crippen molar-refractivity contribution in [1.82, 2.24) is 4.98 Å². The number of halogens is 1. The van der Waals surface area contributed by atoms with Gasteiger partial charge in [0.25, 0.3) is 0 Å². The van der Waals surface area contributed by atoms with E-state index in [0.717, 1.165) is 25.7 Å². The number of nitrogens with zero attached hydrogens (tertiary/aromatic N) is 1. The highest BCUT2D eigenvalue weighted by molar-refractivity contribution is 6.29. The van der Waals surface area contributed by atoms with Crippen LogP contribution in [0.15, 0.2) is 42.6 Å². The van der Waals surface area contributed by atoms with Gasteiger partial charge >= 0.3 is 0 Å². The molecule has 1 heterocycles. The lowest BCUT2D eigenvalue weighted by molar-refractivity contribution is 0.572. The maximum atomic E-state index is 8.42. The van der Waals surface area contributed by atoms with Crippen LogP contribution in [0.2, 0.25) is 5.15 Å². The van der Waals surface area contributed by atoms with Crippen LogP contribution in [0.25, 0.3) is 0 Å². The molecule has 2 aromatic rings. The van der Waals surface area contributed by atoms with Gasteiger partial charge in [0, 0.05) is 29.1 Å². The SMILES string of the molecule is CCC(CCCc1ccccc1)C(=N)c1cnc(Cl)cc1N. The molecule has 0 bridgehead atoms. The number of hydrogen-bond donors (Lipinski definition) is 2. The molecule has 3 N–H and O–H groups in total. The minimum Gasteiger partial charge on any atom is -0.398 e. The first kappa shape index (κ1) is 16.5. The van der Waals surface area contributed by atoms with Gasteiger partial charge in [0.15, 0.2) is 0 Å². The van der Waals surface area contributed by atoms with Gasteiger partial charge < -0.3 is 11.1 Å². The van der Waals surface area contributed by atoms with Gasteiger partial charge in [-0.25, -0.2) is 4.98 Å². The number of nitrogens with one attached hydrogen (secondary N) is 1. The molecule has 3 nitrogen and oxygen atoms in total. The molecule has 0 aliphatic carbocycles. The number of anilines is 1. The van der Waals surface area contributed by atoms with E-state index in [1.807, 2.05) is 6.07 Å². The first-order chi connectivity index (χ1) is 10.6. The molecular weight excluding hydrogens is 294 g/mol. The predicted octanol–water partition coefficient (Wildman–Crippen LogP) is 4.73. The van der Waals surface area contributed by atoms with Gasteiger partial charge in [-0.1, -0.05) is 48.9 Å². The lowest BCUT2D eigenvalue weighted by Crippen LogP contribution is -2.16. The second-order valence-corrected chi connectivity index (χ2v) is 5.88. The third kappa shape index (κ3) is 4.31. The Bertz CT molecular complexity index is 625. The van der Waals surface area contributed by atoms with Crippen LogP contribution in [0.4, 0.5) is 5.69 Å². The highest BCUT2D eigenvalue weighted by Gasteiger charge is 2.17. The van der Waals surface area contributed by atoms with Crippen LogP contribution in [0.1, 0.15) is 37.3 Å². The Morgan fingerprint density at radius 1 is 1.32 bits per heavy atom. The number of rotatable bonds is 7. The van der Waals surface area contributed by atoms with Crippen molar-refractivity contribution in [2.45, 2.75) is 32.6 Å². The van der Waals surface area contributed by atoms with Crippen LogP contribution in [0.3, 0.4) is 0 Å². The van der Waals surface area contributed by atoms with E-state index in [1.54, 1.807) is 12.3 Å². The first-order valence-corrected chi connectivity index (χ1v) is 8.03. The van der Waals surface area contributed by atoms with Crippen LogP contribution in [0, 0.1) is 11.3 Å². The summed E-state index contributed by atoms with van der Waals surface area (Å²) in [6.45, 7) is 2.11. The fraction of sp³-hybridized carbons (Fsp3) is 0.333. The number of aryl methyl sites for hydroxylation is 1. The van der Waals surface area contributed by atoms with Crippen LogP contribution in [-0.4, -0.2) is 10.7 Å². The summed E-state index contributed by atoms with van der Waals surface area (Å²) in [7, 11) is 0. The molecule has 1 unspecified atom stereocenters. The second kappa shape index (κ2) is 7.95. The summed E-state index contributed by atoms with van der Waals surface area (Å²) in [5.41, 5.74) is 9.12. The summed E-state index contributed by atoms with van der Waals surface area (Å²) in [6, 6.07) is 12.1. The highest BCUT2D eigenvalue weighted by Crippen LogP contribution is 2.23. The van der Waals surface area contributed by atoms with E-state index < -0.39 is 0 Å². The smallest absolute Gasteiger partial charge is 0.131 e. The van der Waals surface area contributed by atoms with Crippen molar-refractivity contribution in [3.05, 3.63) is 58.9 Å². The van der Waals surface area contributed by atoms with Crippen molar-refractivity contribution < 1.29 is 0 Å². The molecule has 0 saturated heterocycles. The van der Waals surface area contributed by atoms with E-state index in [0.29, 0.717) is 22.1 Å². The molecule has 0 spiro atoms. The molecule has 0 saturated carbocycles. The Morgan fingerprint density at radius 2 is 2.05 bits per heavy atom. The number of aromatic nitrogens is 1. The average Bonchev–Trinajstić information content (AvgIpc) is 2.52. The quantitative estimate of drug-likeness (QED) is 0.573. The third-order valence-electron chi connectivity index (χ3n) is 3.95. The minimum absolute atomic E-state index is 0.203. The molecule has 1 aromatic carbocycles. The molecule has 2 rings (SSSR count). The summed E-state index contributed by atoms with van der Waals surface area (Å²) in [5.74, 6) is 0.203. The summed E-state index contributed by atoms with van der Waals surface area (Å²) >= 11 is 5.82. The maximum Gasteiger partial charge on any atom is 0.131 e. The summed E-state index contributed by atoms with van der Waals surface area (Å²) < 4.78 is 0. The Labute approximate surface area is 137 Å². The zero-order valence-electron chi connectivity index (χ0n) is 12.8. The zero-order valence-corrected chi connectivity index (χ0v) is 13.6. The van der Waals surface area contributed by atoms with Gasteiger partial charge in [-0.2, -0.15) is 0 Å². The maximum absolute atomic E-state index is 8.42. The third-order valence-corrected chi connectivity index (χ3v) is 4.16. The summed E-state index contributed by atoms with van der Waals surface area (Å²) in [4.78, 5) is 4.05. The molecule has 0 aliphatic heterocycles.